The number of carbonyl (C=O) groups is 1. The molecule has 0 atom stereocenters. The van der Waals surface area contributed by atoms with Crippen LogP contribution >= 0.6 is 11.6 Å². The van der Waals surface area contributed by atoms with Gasteiger partial charge < -0.3 is 19.9 Å². The molecule has 0 saturated carbocycles. The molecule has 3 heterocycles. The maximum atomic E-state index is 12.8. The molecule has 9 nitrogen and oxygen atoms in total. The van der Waals surface area contributed by atoms with Crippen molar-refractivity contribution < 1.29 is 9.53 Å². The number of carbonyl (C=O) groups excluding carboxylic acids is 1. The van der Waals surface area contributed by atoms with E-state index >= 15 is 0 Å². The molecule has 34 heavy (non-hydrogen) atoms. The SMILES string of the molecule is COc1ccc(NC(=O)N2CCN(c3ncnc4c(C)cc(-c5ccn[nH]5)cc34)CC2)cc1Cl. The Balaban J connectivity index is 1.32. The highest BCUT2D eigenvalue weighted by atomic mass is 35.5. The van der Waals surface area contributed by atoms with E-state index in [1.54, 1.807) is 42.7 Å². The number of ether oxygens (including phenoxy) is 1. The normalized spacial score (nSPS) is 13.9. The summed E-state index contributed by atoms with van der Waals surface area (Å²) in [5.41, 5.74) is 4.60. The fraction of sp³-hybridized carbons (Fsp3) is 0.250. The summed E-state index contributed by atoms with van der Waals surface area (Å²) in [6, 6.07) is 11.2. The Morgan fingerprint density at radius 3 is 2.65 bits per heavy atom. The van der Waals surface area contributed by atoms with Crippen LogP contribution in [0.3, 0.4) is 0 Å². The van der Waals surface area contributed by atoms with Gasteiger partial charge in [0.1, 0.15) is 17.9 Å². The van der Waals surface area contributed by atoms with Gasteiger partial charge in [-0.05, 0) is 48.9 Å². The average molecular weight is 478 g/mol. The Bertz CT molecular complexity index is 1330. The number of piperazine rings is 1. The number of hydrogen-bond acceptors (Lipinski definition) is 6. The topological polar surface area (TPSA) is 99.3 Å². The number of aromatic amines is 1. The van der Waals surface area contributed by atoms with E-state index in [0.29, 0.717) is 42.6 Å². The third-order valence-electron chi connectivity index (χ3n) is 5.99. The molecule has 0 spiro atoms. The van der Waals surface area contributed by atoms with Crippen molar-refractivity contribution in [3.63, 3.8) is 0 Å². The molecular formula is C24H24ClN7O2. The van der Waals surface area contributed by atoms with Crippen LogP contribution < -0.4 is 15.0 Å². The lowest BCUT2D eigenvalue weighted by Gasteiger charge is -2.35. The Labute approximate surface area is 201 Å². The zero-order valence-electron chi connectivity index (χ0n) is 18.9. The van der Waals surface area contributed by atoms with Crippen molar-refractivity contribution in [1.82, 2.24) is 25.1 Å². The Morgan fingerprint density at radius 1 is 1.12 bits per heavy atom. The monoisotopic (exact) mass is 477 g/mol. The second-order valence-electron chi connectivity index (χ2n) is 8.11. The number of benzene rings is 2. The lowest BCUT2D eigenvalue weighted by Crippen LogP contribution is -2.50. The zero-order chi connectivity index (χ0) is 23.7. The minimum absolute atomic E-state index is 0.161. The number of fused-ring (bicyclic) bond motifs is 1. The van der Waals surface area contributed by atoms with Gasteiger partial charge in [0.15, 0.2) is 0 Å². The predicted molar refractivity (Wildman–Crippen MR) is 133 cm³/mol. The summed E-state index contributed by atoms with van der Waals surface area (Å²) in [4.78, 5) is 25.9. The molecule has 0 unspecified atom stereocenters. The van der Waals surface area contributed by atoms with Gasteiger partial charge in [0.2, 0.25) is 0 Å². The molecule has 2 aromatic carbocycles. The van der Waals surface area contributed by atoms with Crippen LogP contribution in [0.15, 0.2) is 48.9 Å². The van der Waals surface area contributed by atoms with Crippen LogP contribution in [0.1, 0.15) is 5.56 Å². The molecule has 5 rings (SSSR count). The third-order valence-corrected chi connectivity index (χ3v) is 6.28. The molecule has 1 aliphatic heterocycles. The van der Waals surface area contributed by atoms with Crippen molar-refractivity contribution in [3.8, 4) is 17.0 Å². The largest absolute Gasteiger partial charge is 0.495 e. The highest BCUT2D eigenvalue weighted by molar-refractivity contribution is 6.32. The number of aromatic nitrogens is 4. The van der Waals surface area contributed by atoms with Crippen molar-refractivity contribution in [2.24, 2.45) is 0 Å². The van der Waals surface area contributed by atoms with E-state index in [0.717, 1.165) is 33.5 Å². The summed E-state index contributed by atoms with van der Waals surface area (Å²) in [7, 11) is 1.55. The van der Waals surface area contributed by atoms with E-state index in [1.807, 2.05) is 13.0 Å². The van der Waals surface area contributed by atoms with Gasteiger partial charge in [0.25, 0.3) is 0 Å². The number of rotatable bonds is 4. The van der Waals surface area contributed by atoms with E-state index in [9.17, 15) is 4.79 Å². The van der Waals surface area contributed by atoms with Crippen LogP contribution in [0.25, 0.3) is 22.2 Å². The van der Waals surface area contributed by atoms with Gasteiger partial charge in [-0.2, -0.15) is 5.10 Å². The van der Waals surface area contributed by atoms with Crippen molar-refractivity contribution >= 4 is 40.0 Å². The van der Waals surface area contributed by atoms with Gasteiger partial charge in [0, 0.05) is 49.0 Å². The van der Waals surface area contributed by atoms with Crippen LogP contribution in [0, 0.1) is 6.92 Å². The van der Waals surface area contributed by atoms with Gasteiger partial charge in [-0.1, -0.05) is 11.6 Å². The Kier molecular flexibility index (Phi) is 5.93. The molecule has 0 aliphatic carbocycles. The number of methoxy groups -OCH3 is 1. The minimum Gasteiger partial charge on any atom is -0.495 e. The van der Waals surface area contributed by atoms with Gasteiger partial charge in [0.05, 0.1) is 23.3 Å². The summed E-state index contributed by atoms with van der Waals surface area (Å²) < 4.78 is 5.17. The van der Waals surface area contributed by atoms with E-state index in [2.05, 4.69) is 42.5 Å². The third kappa shape index (κ3) is 4.22. The molecular weight excluding hydrogens is 454 g/mol. The number of nitrogens with one attached hydrogen (secondary N) is 2. The van der Waals surface area contributed by atoms with Crippen molar-refractivity contribution in [1.29, 1.82) is 0 Å². The summed E-state index contributed by atoms with van der Waals surface area (Å²) in [5, 5.41) is 11.4. The lowest BCUT2D eigenvalue weighted by atomic mass is 10.0. The van der Waals surface area contributed by atoms with Crippen molar-refractivity contribution in [2.45, 2.75) is 6.92 Å². The molecule has 0 bridgehead atoms. The van der Waals surface area contributed by atoms with Crippen molar-refractivity contribution in [3.05, 3.63) is 59.5 Å². The van der Waals surface area contributed by atoms with Crippen LogP contribution in [0.2, 0.25) is 5.02 Å². The van der Waals surface area contributed by atoms with Crippen LogP contribution in [-0.4, -0.2) is 64.4 Å². The smallest absolute Gasteiger partial charge is 0.321 e. The quantitative estimate of drug-likeness (QED) is 0.453. The molecule has 0 radical (unpaired) electrons. The molecule has 1 saturated heterocycles. The maximum absolute atomic E-state index is 12.8. The van der Waals surface area contributed by atoms with E-state index in [-0.39, 0.29) is 6.03 Å². The Hall–Kier alpha value is -3.85. The second kappa shape index (κ2) is 9.18. The number of halogens is 1. The number of urea groups is 1. The maximum Gasteiger partial charge on any atom is 0.321 e. The highest BCUT2D eigenvalue weighted by Crippen LogP contribution is 2.31. The summed E-state index contributed by atoms with van der Waals surface area (Å²) in [6.45, 7) is 4.51. The fourth-order valence-corrected chi connectivity index (χ4v) is 4.48. The Morgan fingerprint density at radius 2 is 1.94 bits per heavy atom. The lowest BCUT2D eigenvalue weighted by molar-refractivity contribution is 0.208. The van der Waals surface area contributed by atoms with Gasteiger partial charge in [-0.25, -0.2) is 14.8 Å². The standard InChI is InChI=1S/C24H24ClN7O2/c1-15-11-16(20-5-6-28-30-20)12-18-22(15)26-14-27-23(18)31-7-9-32(10-8-31)24(33)29-17-3-4-21(34-2)19(25)13-17/h3-6,11-14H,7-10H2,1-2H3,(H,28,30)(H,29,33). The number of H-pyrrole nitrogens is 1. The molecule has 2 N–H and O–H groups in total. The second-order valence-corrected chi connectivity index (χ2v) is 8.52. The fourth-order valence-electron chi connectivity index (χ4n) is 4.22. The minimum atomic E-state index is -0.161. The van der Waals surface area contributed by atoms with Crippen LogP contribution in [-0.2, 0) is 0 Å². The summed E-state index contributed by atoms with van der Waals surface area (Å²) >= 11 is 6.17. The molecule has 2 amide bonds. The average Bonchev–Trinajstić information content (AvgIpc) is 3.39. The van der Waals surface area contributed by atoms with E-state index in [1.165, 1.54) is 0 Å². The zero-order valence-corrected chi connectivity index (χ0v) is 19.6. The van der Waals surface area contributed by atoms with E-state index < -0.39 is 0 Å². The molecule has 1 aliphatic rings. The molecule has 4 aromatic rings. The highest BCUT2D eigenvalue weighted by Gasteiger charge is 2.24. The number of anilines is 2. The summed E-state index contributed by atoms with van der Waals surface area (Å²) in [6.07, 6.45) is 3.34. The first-order valence-electron chi connectivity index (χ1n) is 10.9. The summed E-state index contributed by atoms with van der Waals surface area (Å²) in [5.74, 6) is 1.44. The van der Waals surface area contributed by atoms with Gasteiger partial charge in [-0.15, -0.1) is 0 Å². The number of amides is 2. The molecule has 1 fully saturated rings. The molecule has 174 valence electrons. The van der Waals surface area contributed by atoms with Gasteiger partial charge >= 0.3 is 6.03 Å². The van der Waals surface area contributed by atoms with Crippen LogP contribution in [0.4, 0.5) is 16.3 Å². The molecule has 2 aromatic heterocycles. The number of hydrogen-bond donors (Lipinski definition) is 2. The molecule has 10 heteroatoms. The van der Waals surface area contributed by atoms with E-state index in [4.69, 9.17) is 16.3 Å². The van der Waals surface area contributed by atoms with Gasteiger partial charge in [-0.3, -0.25) is 5.10 Å². The predicted octanol–water partition coefficient (Wildman–Crippen LogP) is 4.34. The number of nitrogens with zero attached hydrogens (tertiary/aromatic N) is 5. The first-order valence-corrected chi connectivity index (χ1v) is 11.3. The first kappa shape index (κ1) is 22.0. The van der Waals surface area contributed by atoms with Crippen LogP contribution in [0.5, 0.6) is 5.75 Å². The first-order chi connectivity index (χ1) is 16.5. The number of aryl methyl sites for hydroxylation is 1. The van der Waals surface area contributed by atoms with Crippen molar-refractivity contribution in [2.75, 3.05) is 43.5 Å².